The van der Waals surface area contributed by atoms with Gasteiger partial charge in [-0.1, -0.05) is 47.7 Å². The second-order valence-electron chi connectivity index (χ2n) is 3.93. The van der Waals surface area contributed by atoms with E-state index >= 15 is 0 Å². The van der Waals surface area contributed by atoms with Crippen LogP contribution in [0.25, 0.3) is 16.3 Å². The van der Waals surface area contributed by atoms with E-state index in [1.165, 1.54) is 5.56 Å². The molecule has 0 atom stereocenters. The molecular formula is C13H15N3S. The largest absolute Gasteiger partial charge is 0.261 e. The van der Waals surface area contributed by atoms with Crippen molar-refractivity contribution in [3.8, 4) is 10.6 Å². The van der Waals surface area contributed by atoms with Gasteiger partial charge in [0.05, 0.1) is 0 Å². The third-order valence-corrected chi connectivity index (χ3v) is 3.46. The smallest absolute Gasteiger partial charge is 0.207 e. The zero-order chi connectivity index (χ0) is 12.4. The molecule has 1 aromatic heterocycles. The van der Waals surface area contributed by atoms with Gasteiger partial charge in [-0.3, -0.25) is 4.99 Å². The monoisotopic (exact) mass is 245 g/mol. The van der Waals surface area contributed by atoms with Gasteiger partial charge < -0.3 is 0 Å². The lowest BCUT2D eigenvalue weighted by Crippen LogP contribution is -2.13. The maximum Gasteiger partial charge on any atom is 0.207 e. The molecule has 0 unspecified atom stereocenters. The maximum atomic E-state index is 4.52. The third-order valence-electron chi connectivity index (χ3n) is 2.41. The van der Waals surface area contributed by atoms with Gasteiger partial charge in [0, 0.05) is 18.3 Å². The van der Waals surface area contributed by atoms with Gasteiger partial charge in [0.2, 0.25) is 4.80 Å². The van der Waals surface area contributed by atoms with Gasteiger partial charge in [-0.2, -0.15) is 5.10 Å². The Morgan fingerprint density at radius 3 is 2.47 bits per heavy atom. The molecule has 0 aliphatic heterocycles. The number of aryl methyl sites for hydroxylation is 1. The molecule has 3 nitrogen and oxygen atoms in total. The van der Waals surface area contributed by atoms with Crippen molar-refractivity contribution in [1.82, 2.24) is 9.78 Å². The normalized spacial score (nSPS) is 11.8. The summed E-state index contributed by atoms with van der Waals surface area (Å²) >= 11 is 1.57. The summed E-state index contributed by atoms with van der Waals surface area (Å²) in [6.45, 7) is 7.90. The Bertz CT molecular complexity index is 602. The lowest BCUT2D eigenvalue weighted by Gasteiger charge is -1.97. The molecule has 0 amide bonds. The Morgan fingerprint density at radius 2 is 2.00 bits per heavy atom. The first-order valence-corrected chi connectivity index (χ1v) is 6.19. The third kappa shape index (κ3) is 2.36. The van der Waals surface area contributed by atoms with E-state index in [-0.39, 0.29) is 0 Å². The van der Waals surface area contributed by atoms with Crippen molar-refractivity contribution in [2.45, 2.75) is 13.8 Å². The Balaban J connectivity index is 2.54. The van der Waals surface area contributed by atoms with E-state index < -0.39 is 0 Å². The van der Waals surface area contributed by atoms with Crippen LogP contribution in [-0.2, 0) is 0 Å². The molecule has 1 heterocycles. The van der Waals surface area contributed by atoms with E-state index in [1.807, 2.05) is 6.92 Å². The van der Waals surface area contributed by atoms with Crippen molar-refractivity contribution in [1.29, 1.82) is 0 Å². The predicted molar refractivity (Wildman–Crippen MR) is 72.8 cm³/mol. The summed E-state index contributed by atoms with van der Waals surface area (Å²) in [6, 6.07) is 8.34. The van der Waals surface area contributed by atoms with Crippen molar-refractivity contribution in [3.63, 3.8) is 0 Å². The van der Waals surface area contributed by atoms with E-state index in [4.69, 9.17) is 0 Å². The number of hydrogen-bond acceptors (Lipinski definition) is 3. The summed E-state index contributed by atoms with van der Waals surface area (Å²) in [7, 11) is 1.77. The van der Waals surface area contributed by atoms with E-state index in [1.54, 1.807) is 23.1 Å². The highest BCUT2D eigenvalue weighted by atomic mass is 32.1. The van der Waals surface area contributed by atoms with Gasteiger partial charge in [-0.25, -0.2) is 4.68 Å². The summed E-state index contributed by atoms with van der Waals surface area (Å²) in [5.74, 6) is 0. The molecule has 0 saturated heterocycles. The number of nitrogens with zero attached hydrogens (tertiary/aromatic N) is 3. The van der Waals surface area contributed by atoms with E-state index in [0.717, 1.165) is 21.1 Å². The summed E-state index contributed by atoms with van der Waals surface area (Å²) < 4.78 is 1.78. The summed E-state index contributed by atoms with van der Waals surface area (Å²) in [6.07, 6.45) is 0. The molecular weight excluding hydrogens is 230 g/mol. The Hall–Kier alpha value is -1.68. The quantitative estimate of drug-likeness (QED) is 0.800. The first kappa shape index (κ1) is 11.8. The van der Waals surface area contributed by atoms with Crippen molar-refractivity contribution in [2.24, 2.45) is 4.99 Å². The van der Waals surface area contributed by atoms with Crippen LogP contribution in [0.5, 0.6) is 0 Å². The molecule has 88 valence electrons. The molecule has 0 bridgehead atoms. The van der Waals surface area contributed by atoms with E-state index in [0.29, 0.717) is 0 Å². The molecule has 0 fully saturated rings. The van der Waals surface area contributed by atoms with Crippen LogP contribution in [0.15, 0.2) is 35.8 Å². The molecule has 2 rings (SSSR count). The number of aromatic nitrogens is 2. The minimum atomic E-state index is 0.869. The van der Waals surface area contributed by atoms with Crippen LogP contribution in [-0.4, -0.2) is 16.8 Å². The topological polar surface area (TPSA) is 30.2 Å². The molecule has 0 aliphatic rings. The van der Waals surface area contributed by atoms with Crippen molar-refractivity contribution < 1.29 is 0 Å². The minimum absolute atomic E-state index is 0.869. The zero-order valence-electron chi connectivity index (χ0n) is 10.3. The van der Waals surface area contributed by atoms with Crippen molar-refractivity contribution >= 4 is 17.0 Å². The Morgan fingerprint density at radius 1 is 1.35 bits per heavy atom. The summed E-state index contributed by atoms with van der Waals surface area (Å²) in [5, 5.41) is 5.49. The minimum Gasteiger partial charge on any atom is -0.261 e. The molecule has 0 N–H and O–H groups in total. The molecule has 0 aliphatic carbocycles. The van der Waals surface area contributed by atoms with E-state index in [9.17, 15) is 0 Å². The Kier molecular flexibility index (Phi) is 3.24. The fourth-order valence-corrected chi connectivity index (χ4v) is 2.41. The molecule has 0 radical (unpaired) electrons. The van der Waals surface area contributed by atoms with Crippen molar-refractivity contribution in [3.05, 3.63) is 41.2 Å². The van der Waals surface area contributed by atoms with Crippen LogP contribution in [0.2, 0.25) is 0 Å². The molecule has 0 saturated carbocycles. The fourth-order valence-electron chi connectivity index (χ4n) is 1.49. The molecule has 4 heteroatoms. The first-order chi connectivity index (χ1) is 8.11. The van der Waals surface area contributed by atoms with Gasteiger partial charge >= 0.3 is 0 Å². The number of benzene rings is 1. The van der Waals surface area contributed by atoms with Gasteiger partial charge in [-0.05, 0) is 13.8 Å². The second-order valence-corrected chi connectivity index (χ2v) is 4.88. The summed E-state index contributed by atoms with van der Waals surface area (Å²) in [5.41, 5.74) is 3.24. The van der Waals surface area contributed by atoms with Gasteiger partial charge in [-0.15, -0.1) is 0 Å². The van der Waals surface area contributed by atoms with Gasteiger partial charge in [0.15, 0.2) is 0 Å². The second kappa shape index (κ2) is 4.67. The average Bonchev–Trinajstić information content (AvgIpc) is 2.74. The predicted octanol–water partition coefficient (Wildman–Crippen LogP) is 2.94. The van der Waals surface area contributed by atoms with Crippen LogP contribution in [0.3, 0.4) is 0 Å². The zero-order valence-corrected chi connectivity index (χ0v) is 11.1. The van der Waals surface area contributed by atoms with Crippen LogP contribution in [0.4, 0.5) is 0 Å². The maximum absolute atomic E-state index is 4.52. The molecule has 17 heavy (non-hydrogen) atoms. The van der Waals surface area contributed by atoms with Crippen molar-refractivity contribution in [2.75, 3.05) is 7.05 Å². The molecule has 0 spiro atoms. The molecule has 2 aromatic rings. The number of hydrogen-bond donors (Lipinski definition) is 0. The van der Waals surface area contributed by atoms with Crippen LogP contribution in [0.1, 0.15) is 12.5 Å². The standard InChI is InChI=1S/C13H15N3S/c1-9(2)16-13(14-4)17-12(15-16)11-7-5-10(3)6-8-11/h5-8H,1H2,2-4H3. The Labute approximate surface area is 105 Å². The fraction of sp³-hybridized carbons (Fsp3) is 0.231. The van der Waals surface area contributed by atoms with Crippen LogP contribution < -0.4 is 4.80 Å². The van der Waals surface area contributed by atoms with Gasteiger partial charge in [0.1, 0.15) is 5.01 Å². The van der Waals surface area contributed by atoms with Gasteiger partial charge in [0.25, 0.3) is 0 Å². The highest BCUT2D eigenvalue weighted by Crippen LogP contribution is 2.20. The summed E-state index contributed by atoms with van der Waals surface area (Å²) in [4.78, 5) is 5.08. The number of allylic oxidation sites excluding steroid dienone is 1. The average molecular weight is 245 g/mol. The SMILES string of the molecule is C=C(C)n1nc(-c2ccc(C)cc2)sc1=NC. The van der Waals surface area contributed by atoms with Crippen LogP contribution >= 0.6 is 11.3 Å². The molecule has 1 aromatic carbocycles. The highest BCUT2D eigenvalue weighted by Gasteiger charge is 2.06. The first-order valence-electron chi connectivity index (χ1n) is 5.37. The highest BCUT2D eigenvalue weighted by molar-refractivity contribution is 7.12. The lowest BCUT2D eigenvalue weighted by atomic mass is 10.2. The van der Waals surface area contributed by atoms with E-state index in [2.05, 4.69) is 47.9 Å². The number of rotatable bonds is 2. The lowest BCUT2D eigenvalue weighted by molar-refractivity contribution is 0.849. The van der Waals surface area contributed by atoms with Crippen LogP contribution in [0, 0.1) is 6.92 Å².